The van der Waals surface area contributed by atoms with Crippen molar-refractivity contribution in [3.63, 3.8) is 0 Å². The highest BCUT2D eigenvalue weighted by atomic mass is 32.2. The summed E-state index contributed by atoms with van der Waals surface area (Å²) in [7, 11) is -3.61. The van der Waals surface area contributed by atoms with Crippen molar-refractivity contribution in [2.75, 3.05) is 13.1 Å². The average Bonchev–Trinajstić information content (AvgIpc) is 2.56. The van der Waals surface area contributed by atoms with Crippen LogP contribution >= 0.6 is 0 Å². The van der Waals surface area contributed by atoms with Crippen LogP contribution in [0, 0.1) is 5.92 Å². The normalized spacial score (nSPS) is 22.7. The van der Waals surface area contributed by atoms with E-state index < -0.39 is 10.0 Å². The largest absolute Gasteiger partial charge is 0.356 e. The van der Waals surface area contributed by atoms with Gasteiger partial charge in [0.1, 0.15) is 4.90 Å². The molecule has 7 heteroatoms. The number of aromatic nitrogens is 1. The number of nitrogens with one attached hydrogen (secondary N) is 1. The van der Waals surface area contributed by atoms with Gasteiger partial charge < -0.3 is 5.32 Å². The van der Waals surface area contributed by atoms with Crippen LogP contribution in [0.25, 0.3) is 0 Å². The molecule has 0 aromatic carbocycles. The Balaban J connectivity index is 2.10. The Morgan fingerprint density at radius 2 is 2.22 bits per heavy atom. The second-order valence-corrected chi connectivity index (χ2v) is 7.92. The zero-order chi connectivity index (χ0) is 16.9. The van der Waals surface area contributed by atoms with Crippen molar-refractivity contribution < 1.29 is 13.2 Å². The van der Waals surface area contributed by atoms with E-state index in [1.807, 2.05) is 6.92 Å². The number of amides is 1. The Labute approximate surface area is 138 Å². The maximum atomic E-state index is 12.8. The molecule has 2 heterocycles. The van der Waals surface area contributed by atoms with Gasteiger partial charge in [-0.05, 0) is 38.3 Å². The predicted molar refractivity (Wildman–Crippen MR) is 88.2 cm³/mol. The molecule has 2 atom stereocenters. The number of hydrogen-bond donors (Lipinski definition) is 1. The fraction of sp³-hybridized carbons (Fsp3) is 0.625. The highest BCUT2D eigenvalue weighted by Crippen LogP contribution is 2.27. The molecule has 2 unspecified atom stereocenters. The fourth-order valence-electron chi connectivity index (χ4n) is 2.79. The lowest BCUT2D eigenvalue weighted by Crippen LogP contribution is -2.49. The van der Waals surface area contributed by atoms with E-state index in [-0.39, 0.29) is 29.3 Å². The summed E-state index contributed by atoms with van der Waals surface area (Å²) >= 11 is 0. The summed E-state index contributed by atoms with van der Waals surface area (Å²) in [5.41, 5.74) is 0. The number of piperidine rings is 1. The van der Waals surface area contributed by atoms with E-state index in [1.165, 1.54) is 10.5 Å². The van der Waals surface area contributed by atoms with Crippen molar-refractivity contribution in [3.05, 3.63) is 24.5 Å². The van der Waals surface area contributed by atoms with E-state index in [9.17, 15) is 13.2 Å². The van der Waals surface area contributed by atoms with Crippen molar-refractivity contribution in [3.8, 4) is 0 Å². The number of unbranched alkanes of at least 4 members (excludes halogenated alkanes) is 1. The lowest BCUT2D eigenvalue weighted by Gasteiger charge is -2.36. The molecule has 1 saturated heterocycles. The van der Waals surface area contributed by atoms with Gasteiger partial charge in [0.15, 0.2) is 0 Å². The Morgan fingerprint density at radius 1 is 1.43 bits per heavy atom. The highest BCUT2D eigenvalue weighted by Gasteiger charge is 2.37. The minimum absolute atomic E-state index is 0.0447. The van der Waals surface area contributed by atoms with Crippen LogP contribution in [-0.2, 0) is 14.8 Å². The highest BCUT2D eigenvalue weighted by molar-refractivity contribution is 7.89. The second kappa shape index (κ2) is 7.88. The van der Waals surface area contributed by atoms with Gasteiger partial charge in [-0.15, -0.1) is 0 Å². The number of carbonyl (C=O) groups is 1. The zero-order valence-corrected chi connectivity index (χ0v) is 14.6. The summed E-state index contributed by atoms with van der Waals surface area (Å²) in [6.45, 7) is 4.84. The summed E-state index contributed by atoms with van der Waals surface area (Å²) in [5.74, 6) is -0.328. The molecule has 0 saturated carbocycles. The van der Waals surface area contributed by atoms with Gasteiger partial charge in [0.2, 0.25) is 15.9 Å². The minimum Gasteiger partial charge on any atom is -0.356 e. The van der Waals surface area contributed by atoms with Gasteiger partial charge in [-0.1, -0.05) is 13.3 Å². The van der Waals surface area contributed by atoms with E-state index >= 15 is 0 Å². The molecule has 1 aliphatic heterocycles. The molecule has 1 aliphatic rings. The molecule has 0 bridgehead atoms. The van der Waals surface area contributed by atoms with Crippen molar-refractivity contribution in [2.24, 2.45) is 5.92 Å². The van der Waals surface area contributed by atoms with E-state index in [4.69, 9.17) is 0 Å². The second-order valence-electron chi connectivity index (χ2n) is 6.03. The number of hydrogen-bond acceptors (Lipinski definition) is 4. The van der Waals surface area contributed by atoms with Crippen LogP contribution in [0.1, 0.15) is 39.5 Å². The summed E-state index contributed by atoms with van der Waals surface area (Å²) in [5, 5.41) is 2.91. The third kappa shape index (κ3) is 4.29. The molecule has 1 amide bonds. The van der Waals surface area contributed by atoms with Crippen LogP contribution < -0.4 is 5.32 Å². The molecule has 2 rings (SSSR count). The summed E-state index contributed by atoms with van der Waals surface area (Å²) in [6, 6.07) is 3.04. The minimum atomic E-state index is -3.61. The third-order valence-corrected chi connectivity index (χ3v) is 6.23. The van der Waals surface area contributed by atoms with Crippen LogP contribution in [0.2, 0.25) is 0 Å². The molecule has 1 aromatic heterocycles. The first-order valence-corrected chi connectivity index (χ1v) is 9.60. The Hall–Kier alpha value is -1.47. The first-order chi connectivity index (χ1) is 11.0. The number of rotatable bonds is 6. The smallest absolute Gasteiger partial charge is 0.244 e. The first-order valence-electron chi connectivity index (χ1n) is 8.16. The van der Waals surface area contributed by atoms with Gasteiger partial charge in [0, 0.05) is 31.5 Å². The van der Waals surface area contributed by atoms with Gasteiger partial charge >= 0.3 is 0 Å². The molecule has 1 fully saturated rings. The van der Waals surface area contributed by atoms with Crippen LogP contribution in [-0.4, -0.2) is 42.7 Å². The van der Waals surface area contributed by atoms with Gasteiger partial charge in [-0.2, -0.15) is 4.31 Å². The van der Waals surface area contributed by atoms with E-state index in [2.05, 4.69) is 17.2 Å². The predicted octanol–water partition coefficient (Wildman–Crippen LogP) is 1.79. The lowest BCUT2D eigenvalue weighted by molar-refractivity contribution is -0.126. The molecule has 1 aromatic rings. The van der Waals surface area contributed by atoms with Gasteiger partial charge in [0.05, 0.1) is 5.92 Å². The van der Waals surface area contributed by atoms with Crippen molar-refractivity contribution in [2.45, 2.75) is 50.5 Å². The molecule has 6 nitrogen and oxygen atoms in total. The van der Waals surface area contributed by atoms with Gasteiger partial charge in [-0.25, -0.2) is 8.42 Å². The van der Waals surface area contributed by atoms with Gasteiger partial charge in [0.25, 0.3) is 0 Å². The summed E-state index contributed by atoms with van der Waals surface area (Å²) in [6.07, 6.45) is 6.26. The third-order valence-electron chi connectivity index (χ3n) is 4.27. The molecular formula is C16H25N3O3S. The number of pyridine rings is 1. The standard InChI is InChI=1S/C16H25N3O3S/c1-3-4-10-18-16(20)14-8-7-13(2)19(12-14)23(21,22)15-6-5-9-17-11-15/h5-6,9,11,13-14H,3-4,7-8,10,12H2,1-2H3,(H,18,20). The molecule has 0 spiro atoms. The van der Waals surface area contributed by atoms with E-state index in [0.29, 0.717) is 13.0 Å². The number of nitrogens with zero attached hydrogens (tertiary/aromatic N) is 2. The van der Waals surface area contributed by atoms with Crippen LogP contribution in [0.15, 0.2) is 29.4 Å². The van der Waals surface area contributed by atoms with E-state index in [0.717, 1.165) is 19.3 Å². The topological polar surface area (TPSA) is 79.4 Å². The molecule has 128 valence electrons. The van der Waals surface area contributed by atoms with Gasteiger partial charge in [-0.3, -0.25) is 9.78 Å². The van der Waals surface area contributed by atoms with E-state index in [1.54, 1.807) is 18.3 Å². The summed E-state index contributed by atoms with van der Waals surface area (Å²) < 4.78 is 27.0. The SMILES string of the molecule is CCCCNC(=O)C1CCC(C)N(S(=O)(=O)c2cccnc2)C1. The van der Waals surface area contributed by atoms with Crippen molar-refractivity contribution >= 4 is 15.9 Å². The number of sulfonamides is 1. The van der Waals surface area contributed by atoms with Crippen LogP contribution in [0.4, 0.5) is 0 Å². The Bertz CT molecular complexity index is 619. The van der Waals surface area contributed by atoms with Crippen molar-refractivity contribution in [1.29, 1.82) is 0 Å². The zero-order valence-electron chi connectivity index (χ0n) is 13.7. The summed E-state index contributed by atoms with van der Waals surface area (Å²) in [4.78, 5) is 16.3. The molecule has 1 N–H and O–H groups in total. The van der Waals surface area contributed by atoms with Crippen LogP contribution in [0.3, 0.4) is 0 Å². The fourth-order valence-corrected chi connectivity index (χ4v) is 4.46. The maximum absolute atomic E-state index is 12.8. The van der Waals surface area contributed by atoms with Crippen molar-refractivity contribution in [1.82, 2.24) is 14.6 Å². The monoisotopic (exact) mass is 339 g/mol. The maximum Gasteiger partial charge on any atom is 0.244 e. The Morgan fingerprint density at radius 3 is 2.87 bits per heavy atom. The molecule has 0 radical (unpaired) electrons. The Kier molecular flexibility index (Phi) is 6.12. The first kappa shape index (κ1) is 17.9. The molecular weight excluding hydrogens is 314 g/mol. The molecule has 23 heavy (non-hydrogen) atoms. The molecule has 0 aliphatic carbocycles. The van der Waals surface area contributed by atoms with Crippen LogP contribution in [0.5, 0.6) is 0 Å². The number of carbonyl (C=O) groups excluding carboxylic acids is 1. The quantitative estimate of drug-likeness (QED) is 0.801. The lowest BCUT2D eigenvalue weighted by atomic mass is 9.94. The average molecular weight is 339 g/mol.